The average molecular weight is 418 g/mol. The number of rotatable bonds is 7. The second kappa shape index (κ2) is 8.52. The quantitative estimate of drug-likeness (QED) is 0.679. The third-order valence-corrected chi connectivity index (χ3v) is 6.21. The lowest BCUT2D eigenvalue weighted by Gasteiger charge is -2.40. The van der Waals surface area contributed by atoms with Crippen molar-refractivity contribution in [3.63, 3.8) is 0 Å². The number of para-hydroxylation sites is 1. The predicted octanol–water partition coefficient (Wildman–Crippen LogP) is 5.05. The maximum Gasteiger partial charge on any atom is 0.306 e. The summed E-state index contributed by atoms with van der Waals surface area (Å²) in [5, 5.41) is 19.5. The molecular weight excluding hydrogens is 392 g/mol. The Morgan fingerprint density at radius 1 is 1.39 bits per heavy atom. The molecular formula is C25H26N2O4. The Balaban J connectivity index is 1.76. The average Bonchev–Trinajstić information content (AvgIpc) is 3.16. The largest absolute Gasteiger partial charge is 0.489 e. The highest BCUT2D eigenvalue weighted by atomic mass is 16.5. The Morgan fingerprint density at radius 2 is 2.16 bits per heavy atom. The van der Waals surface area contributed by atoms with E-state index in [1.54, 1.807) is 0 Å². The summed E-state index contributed by atoms with van der Waals surface area (Å²) in [6, 6.07) is 13.8. The Labute approximate surface area is 182 Å². The van der Waals surface area contributed by atoms with E-state index >= 15 is 0 Å². The number of aliphatic imine (C=N–C) groups is 1. The lowest BCUT2D eigenvalue weighted by molar-refractivity contribution is -0.143. The van der Waals surface area contributed by atoms with E-state index in [2.05, 4.69) is 6.07 Å². The fraction of sp³-hybridized carbons (Fsp3) is 0.400. The van der Waals surface area contributed by atoms with E-state index in [1.807, 2.05) is 50.2 Å². The van der Waals surface area contributed by atoms with Crippen LogP contribution in [0.2, 0.25) is 0 Å². The highest BCUT2D eigenvalue weighted by Gasteiger charge is 2.49. The van der Waals surface area contributed by atoms with Gasteiger partial charge in [0.1, 0.15) is 18.0 Å². The van der Waals surface area contributed by atoms with Gasteiger partial charge in [-0.25, -0.2) is 0 Å². The number of nitriles is 1. The molecule has 6 heteroatoms. The summed E-state index contributed by atoms with van der Waals surface area (Å²) in [5.74, 6) is -0.216. The van der Waals surface area contributed by atoms with Crippen molar-refractivity contribution in [3.8, 4) is 11.8 Å². The topological polar surface area (TPSA) is 91.9 Å². The highest BCUT2D eigenvalue weighted by molar-refractivity contribution is 6.07. The van der Waals surface area contributed by atoms with Crippen molar-refractivity contribution >= 4 is 17.4 Å². The molecule has 2 unspecified atom stereocenters. The van der Waals surface area contributed by atoms with Gasteiger partial charge in [0.05, 0.1) is 29.5 Å². The van der Waals surface area contributed by atoms with Crippen LogP contribution in [-0.4, -0.2) is 29.0 Å². The number of nitrogens with zero attached hydrogens (tertiary/aromatic N) is 2. The number of hydrogen-bond acceptors (Lipinski definition) is 5. The van der Waals surface area contributed by atoms with Crippen LogP contribution in [0.1, 0.15) is 60.8 Å². The van der Waals surface area contributed by atoms with E-state index in [-0.39, 0.29) is 12.3 Å². The molecule has 0 spiro atoms. The molecule has 2 aliphatic rings. The van der Waals surface area contributed by atoms with Gasteiger partial charge in [0.15, 0.2) is 0 Å². The number of carboxylic acids is 1. The first-order valence-electron chi connectivity index (χ1n) is 10.7. The van der Waals surface area contributed by atoms with Crippen molar-refractivity contribution in [3.05, 3.63) is 58.7 Å². The second-order valence-corrected chi connectivity index (χ2v) is 8.19. The molecule has 1 saturated heterocycles. The summed E-state index contributed by atoms with van der Waals surface area (Å²) in [6.07, 6.45) is 1.96. The molecule has 2 aliphatic heterocycles. The van der Waals surface area contributed by atoms with Crippen LogP contribution in [0.4, 0.5) is 5.69 Å². The number of hydrogen-bond donors (Lipinski definition) is 1. The van der Waals surface area contributed by atoms with E-state index in [0.29, 0.717) is 31.6 Å². The maximum atomic E-state index is 11.7. The van der Waals surface area contributed by atoms with Crippen LogP contribution in [0.25, 0.3) is 0 Å². The van der Waals surface area contributed by atoms with E-state index in [4.69, 9.17) is 14.5 Å². The van der Waals surface area contributed by atoms with Gasteiger partial charge in [-0.3, -0.25) is 9.79 Å². The summed E-state index contributed by atoms with van der Waals surface area (Å²) < 4.78 is 12.0. The van der Waals surface area contributed by atoms with Crippen molar-refractivity contribution < 1.29 is 19.4 Å². The number of carboxylic acid groups (broad SMARTS) is 1. The van der Waals surface area contributed by atoms with Crippen LogP contribution in [0.3, 0.4) is 0 Å². The molecule has 0 saturated carbocycles. The summed E-state index contributed by atoms with van der Waals surface area (Å²) >= 11 is 0. The number of fused-ring (bicyclic) bond motifs is 3. The molecule has 4 rings (SSSR count). The lowest BCUT2D eigenvalue weighted by Crippen LogP contribution is -2.49. The van der Waals surface area contributed by atoms with E-state index < -0.39 is 11.6 Å². The molecule has 160 valence electrons. The van der Waals surface area contributed by atoms with Gasteiger partial charge in [-0.2, -0.15) is 5.26 Å². The summed E-state index contributed by atoms with van der Waals surface area (Å²) in [6.45, 7) is 4.80. The van der Waals surface area contributed by atoms with Gasteiger partial charge < -0.3 is 14.6 Å². The first-order chi connectivity index (χ1) is 15.0. The van der Waals surface area contributed by atoms with Gasteiger partial charge >= 0.3 is 5.97 Å². The molecule has 0 radical (unpaired) electrons. The molecule has 6 nitrogen and oxygen atoms in total. The maximum absolute atomic E-state index is 11.7. The zero-order valence-electron chi connectivity index (χ0n) is 17.9. The lowest BCUT2D eigenvalue weighted by atomic mass is 9.76. The normalized spacial score (nSPS) is 21.6. The van der Waals surface area contributed by atoms with Gasteiger partial charge in [-0.15, -0.1) is 0 Å². The molecule has 0 bridgehead atoms. The van der Waals surface area contributed by atoms with Gasteiger partial charge in [0.2, 0.25) is 0 Å². The molecule has 2 aromatic rings. The summed E-state index contributed by atoms with van der Waals surface area (Å²) in [4.78, 5) is 16.6. The van der Waals surface area contributed by atoms with Gasteiger partial charge in [-0.05, 0) is 49.1 Å². The van der Waals surface area contributed by atoms with Crippen LogP contribution in [0.15, 0.2) is 41.4 Å². The van der Waals surface area contributed by atoms with Crippen molar-refractivity contribution in [2.45, 2.75) is 57.7 Å². The van der Waals surface area contributed by atoms with Crippen molar-refractivity contribution in [2.75, 3.05) is 6.61 Å². The predicted molar refractivity (Wildman–Crippen MR) is 117 cm³/mol. The molecule has 1 N–H and O–H groups in total. The molecule has 2 heterocycles. The first kappa shape index (κ1) is 21.1. The number of carbonyl (C=O) groups is 1. The zero-order valence-corrected chi connectivity index (χ0v) is 17.9. The molecule has 1 fully saturated rings. The molecule has 0 aliphatic carbocycles. The second-order valence-electron chi connectivity index (χ2n) is 8.19. The van der Waals surface area contributed by atoms with Crippen LogP contribution in [0.5, 0.6) is 5.75 Å². The first-order valence-corrected chi connectivity index (χ1v) is 10.7. The third kappa shape index (κ3) is 3.82. The van der Waals surface area contributed by atoms with Crippen LogP contribution < -0.4 is 4.74 Å². The Kier molecular flexibility index (Phi) is 5.79. The summed E-state index contributed by atoms with van der Waals surface area (Å²) in [5.41, 5.74) is 3.99. The fourth-order valence-corrected chi connectivity index (χ4v) is 4.82. The van der Waals surface area contributed by atoms with Crippen LogP contribution in [0, 0.1) is 18.3 Å². The standard InChI is InChI=1S/C25H26N2O4/c1-3-10-25(13-21(28)29)24-20(9-11-31-25)22-17(14-26)12-18(16(2)23(22)27-24)15-30-19-7-5-4-6-8-19/h4-8,12,20H,3,9-11,13,15H2,1-2H3,(H,28,29). The molecule has 2 aromatic carbocycles. The minimum Gasteiger partial charge on any atom is -0.489 e. The summed E-state index contributed by atoms with van der Waals surface area (Å²) in [7, 11) is 0. The van der Waals surface area contributed by atoms with E-state index in [1.165, 1.54) is 0 Å². The zero-order chi connectivity index (χ0) is 22.0. The van der Waals surface area contributed by atoms with Crippen molar-refractivity contribution in [1.82, 2.24) is 0 Å². The van der Waals surface area contributed by atoms with Gasteiger partial charge in [0.25, 0.3) is 0 Å². The number of ether oxygens (including phenoxy) is 2. The van der Waals surface area contributed by atoms with Gasteiger partial charge in [0, 0.05) is 18.1 Å². The molecule has 31 heavy (non-hydrogen) atoms. The van der Waals surface area contributed by atoms with E-state index in [9.17, 15) is 15.2 Å². The smallest absolute Gasteiger partial charge is 0.306 e. The van der Waals surface area contributed by atoms with Crippen LogP contribution in [-0.2, 0) is 16.1 Å². The fourth-order valence-electron chi connectivity index (χ4n) is 4.82. The van der Waals surface area contributed by atoms with Crippen molar-refractivity contribution in [2.24, 2.45) is 4.99 Å². The minimum absolute atomic E-state index is 0.0768. The monoisotopic (exact) mass is 418 g/mol. The number of benzene rings is 2. The number of aliphatic carboxylic acids is 1. The van der Waals surface area contributed by atoms with Gasteiger partial charge in [-0.1, -0.05) is 31.5 Å². The van der Waals surface area contributed by atoms with Crippen molar-refractivity contribution in [1.29, 1.82) is 5.26 Å². The Morgan fingerprint density at radius 3 is 2.84 bits per heavy atom. The van der Waals surface area contributed by atoms with Crippen LogP contribution >= 0.6 is 0 Å². The van der Waals surface area contributed by atoms with E-state index in [0.717, 1.165) is 40.3 Å². The highest BCUT2D eigenvalue weighted by Crippen LogP contribution is 2.50. The Bertz CT molecular complexity index is 1070. The SMILES string of the molecule is CCCC1(CC(=O)O)OCCC2C1=Nc1c(C)c(COc3ccccc3)cc(C#N)c12. The minimum atomic E-state index is -0.914. The third-order valence-electron chi connectivity index (χ3n) is 6.21. The molecule has 0 aromatic heterocycles. The molecule has 2 atom stereocenters. The Hall–Kier alpha value is -3.17. The molecule has 0 amide bonds.